The Kier molecular flexibility index (Phi) is 8.21. The molecule has 1 aromatic heterocycles. The van der Waals surface area contributed by atoms with Gasteiger partial charge >= 0.3 is 4.87 Å². The van der Waals surface area contributed by atoms with Crippen LogP contribution < -0.4 is 9.60 Å². The molecule has 0 fully saturated rings. The Hall–Kier alpha value is -0.660. The number of hydrogen-bond acceptors (Lipinski definition) is 4. The Morgan fingerprint density at radius 1 is 1.05 bits per heavy atom. The number of aryl methyl sites for hydroxylation is 1. The fourth-order valence-electron chi connectivity index (χ4n) is 2.18. The third-order valence-electron chi connectivity index (χ3n) is 3.35. The van der Waals surface area contributed by atoms with E-state index < -0.39 is 10.0 Å². The van der Waals surface area contributed by atoms with Gasteiger partial charge < -0.3 is 4.98 Å². The van der Waals surface area contributed by atoms with Gasteiger partial charge in [-0.25, -0.2) is 13.1 Å². The molecule has 0 aliphatic carbocycles. The molecule has 0 saturated carbocycles. The highest BCUT2D eigenvalue weighted by Gasteiger charge is 2.19. The molecule has 2 N–H and O–H groups in total. The molecule has 0 aliphatic rings. The first kappa shape index (κ1) is 18.4. The van der Waals surface area contributed by atoms with Crippen LogP contribution >= 0.6 is 11.3 Å². The Balaban J connectivity index is 2.20. The van der Waals surface area contributed by atoms with Crippen molar-refractivity contribution < 1.29 is 8.42 Å². The molecule has 0 aromatic carbocycles. The lowest BCUT2D eigenvalue weighted by molar-refractivity contribution is 0.559. The van der Waals surface area contributed by atoms with Gasteiger partial charge in [0.1, 0.15) is 0 Å². The van der Waals surface area contributed by atoms with Gasteiger partial charge in [-0.05, 0) is 13.3 Å². The van der Waals surface area contributed by atoms with Gasteiger partial charge in [-0.1, -0.05) is 63.2 Å². The lowest BCUT2D eigenvalue weighted by Crippen LogP contribution is -2.24. The number of aromatic nitrogens is 1. The van der Waals surface area contributed by atoms with E-state index in [9.17, 15) is 13.2 Å². The third-order valence-corrected chi connectivity index (χ3v) is 6.41. The van der Waals surface area contributed by atoms with Crippen LogP contribution in [-0.4, -0.2) is 19.9 Å². The number of unbranched alkanes of at least 4 members (excludes halogenated alkanes) is 7. The maximum absolute atomic E-state index is 12.0. The van der Waals surface area contributed by atoms with E-state index in [4.69, 9.17) is 0 Å². The van der Waals surface area contributed by atoms with Crippen LogP contribution in [0.4, 0.5) is 0 Å². The molecule has 1 rings (SSSR count). The second kappa shape index (κ2) is 9.38. The summed E-state index contributed by atoms with van der Waals surface area (Å²) in [7, 11) is -3.54. The van der Waals surface area contributed by atoms with Gasteiger partial charge in [0.25, 0.3) is 10.0 Å². The van der Waals surface area contributed by atoms with Crippen LogP contribution in [0.5, 0.6) is 0 Å². The number of thiazole rings is 1. The normalized spacial score (nSPS) is 11.9. The van der Waals surface area contributed by atoms with Gasteiger partial charge in [-0.15, -0.1) is 0 Å². The maximum Gasteiger partial charge on any atom is 0.305 e. The molecule has 0 amide bonds. The SMILES string of the molecule is CCCCCCCCCCNS(=O)(=O)c1sc(=O)[nH]c1C. The second-order valence-electron chi connectivity index (χ2n) is 5.30. The lowest BCUT2D eigenvalue weighted by Gasteiger charge is -2.05. The summed E-state index contributed by atoms with van der Waals surface area (Å²) in [6.07, 6.45) is 9.39. The van der Waals surface area contributed by atoms with Crippen molar-refractivity contribution in [1.29, 1.82) is 0 Å². The van der Waals surface area contributed by atoms with Crippen molar-refractivity contribution in [3.63, 3.8) is 0 Å². The third kappa shape index (κ3) is 6.76. The largest absolute Gasteiger partial charge is 0.315 e. The first-order valence-corrected chi connectivity index (χ1v) is 9.96. The fourth-order valence-corrected chi connectivity index (χ4v) is 4.60. The molecule has 0 aliphatic heterocycles. The zero-order chi connectivity index (χ0) is 15.7. The summed E-state index contributed by atoms with van der Waals surface area (Å²) in [5, 5.41) is 0. The summed E-state index contributed by atoms with van der Waals surface area (Å²) in [6, 6.07) is 0. The lowest BCUT2D eigenvalue weighted by atomic mass is 10.1. The van der Waals surface area contributed by atoms with E-state index >= 15 is 0 Å². The average Bonchev–Trinajstić information content (AvgIpc) is 2.77. The van der Waals surface area contributed by atoms with Crippen molar-refractivity contribution in [3.8, 4) is 0 Å². The standard InChI is InChI=1S/C14H26N2O3S2/c1-3-4-5-6-7-8-9-10-11-15-21(18,19)13-12(2)16-14(17)20-13/h15H,3-11H2,1-2H3,(H,16,17). The number of aromatic amines is 1. The molecular weight excluding hydrogens is 308 g/mol. The highest BCUT2D eigenvalue weighted by Crippen LogP contribution is 2.15. The quantitative estimate of drug-likeness (QED) is 0.610. The van der Waals surface area contributed by atoms with E-state index in [0.29, 0.717) is 12.2 Å². The number of H-pyrrole nitrogens is 1. The summed E-state index contributed by atoms with van der Waals surface area (Å²) < 4.78 is 26.7. The molecule has 0 spiro atoms. The highest BCUT2D eigenvalue weighted by molar-refractivity contribution is 7.91. The molecule has 0 saturated heterocycles. The minimum atomic E-state index is -3.54. The van der Waals surface area contributed by atoms with Gasteiger partial charge in [-0.2, -0.15) is 0 Å². The van der Waals surface area contributed by atoms with Crippen molar-refractivity contribution in [2.45, 2.75) is 69.4 Å². The zero-order valence-corrected chi connectivity index (χ0v) is 14.5. The average molecular weight is 335 g/mol. The van der Waals surface area contributed by atoms with E-state index in [-0.39, 0.29) is 9.08 Å². The maximum atomic E-state index is 12.0. The molecule has 1 aromatic rings. The van der Waals surface area contributed by atoms with Crippen LogP contribution in [0.15, 0.2) is 9.00 Å². The first-order chi connectivity index (χ1) is 9.97. The summed E-state index contributed by atoms with van der Waals surface area (Å²) in [4.78, 5) is 13.3. The van der Waals surface area contributed by atoms with Crippen LogP contribution in [0, 0.1) is 6.92 Å². The van der Waals surface area contributed by atoms with E-state index in [0.717, 1.165) is 30.6 Å². The molecule has 21 heavy (non-hydrogen) atoms. The molecule has 5 nitrogen and oxygen atoms in total. The Morgan fingerprint density at radius 3 is 2.14 bits per heavy atom. The summed E-state index contributed by atoms with van der Waals surface area (Å²) in [6.45, 7) is 4.24. The second-order valence-corrected chi connectivity index (χ2v) is 8.25. The predicted octanol–water partition coefficient (Wildman–Crippen LogP) is 3.16. The minimum Gasteiger partial charge on any atom is -0.315 e. The molecule has 122 valence electrons. The van der Waals surface area contributed by atoms with Crippen molar-refractivity contribution in [3.05, 3.63) is 15.4 Å². The highest BCUT2D eigenvalue weighted by atomic mass is 32.2. The summed E-state index contributed by atoms with van der Waals surface area (Å²) in [5.41, 5.74) is 0.411. The predicted molar refractivity (Wildman–Crippen MR) is 87.5 cm³/mol. The van der Waals surface area contributed by atoms with Crippen molar-refractivity contribution in [2.24, 2.45) is 0 Å². The van der Waals surface area contributed by atoms with Crippen LogP contribution in [0.2, 0.25) is 0 Å². The molecule has 0 unspecified atom stereocenters. The zero-order valence-electron chi connectivity index (χ0n) is 12.9. The topological polar surface area (TPSA) is 79.0 Å². The van der Waals surface area contributed by atoms with Crippen LogP contribution in [-0.2, 0) is 10.0 Å². The first-order valence-electron chi connectivity index (χ1n) is 7.66. The van der Waals surface area contributed by atoms with Gasteiger partial charge in [0, 0.05) is 12.2 Å². The summed E-state index contributed by atoms with van der Waals surface area (Å²) in [5.74, 6) is 0. The van der Waals surface area contributed by atoms with Gasteiger partial charge in [0.15, 0.2) is 4.21 Å². The van der Waals surface area contributed by atoms with E-state index in [2.05, 4.69) is 16.6 Å². The number of rotatable bonds is 11. The Bertz CT molecular complexity index is 561. The van der Waals surface area contributed by atoms with Crippen LogP contribution in [0.3, 0.4) is 0 Å². The van der Waals surface area contributed by atoms with Crippen molar-refractivity contribution in [2.75, 3.05) is 6.54 Å². The molecule has 1 heterocycles. The molecule has 7 heteroatoms. The van der Waals surface area contributed by atoms with Crippen molar-refractivity contribution in [1.82, 2.24) is 9.71 Å². The smallest absolute Gasteiger partial charge is 0.305 e. The monoisotopic (exact) mass is 334 g/mol. The number of nitrogens with one attached hydrogen (secondary N) is 2. The number of hydrogen-bond donors (Lipinski definition) is 2. The van der Waals surface area contributed by atoms with Gasteiger partial charge in [0.2, 0.25) is 0 Å². The van der Waals surface area contributed by atoms with E-state index in [1.165, 1.54) is 32.1 Å². The minimum absolute atomic E-state index is 0.104. The van der Waals surface area contributed by atoms with Crippen LogP contribution in [0.25, 0.3) is 0 Å². The summed E-state index contributed by atoms with van der Waals surface area (Å²) >= 11 is 0.739. The van der Waals surface area contributed by atoms with Gasteiger partial charge in [0.05, 0.1) is 0 Å². The number of sulfonamides is 1. The molecular formula is C14H26N2O3S2. The molecule has 0 atom stereocenters. The Morgan fingerprint density at radius 2 is 1.62 bits per heavy atom. The van der Waals surface area contributed by atoms with Crippen molar-refractivity contribution >= 4 is 21.4 Å². The van der Waals surface area contributed by atoms with E-state index in [1.807, 2.05) is 0 Å². The molecule has 0 radical (unpaired) electrons. The van der Waals surface area contributed by atoms with Crippen LogP contribution in [0.1, 0.15) is 64.0 Å². The van der Waals surface area contributed by atoms with Gasteiger partial charge in [-0.3, -0.25) is 4.79 Å². The van der Waals surface area contributed by atoms with E-state index in [1.54, 1.807) is 6.92 Å². The fraction of sp³-hybridized carbons (Fsp3) is 0.786. The molecule has 0 bridgehead atoms. The Labute approximate surface area is 131 Å².